The van der Waals surface area contributed by atoms with E-state index in [-0.39, 0.29) is 36.8 Å². The molecule has 5 unspecified atom stereocenters. The van der Waals surface area contributed by atoms with Crippen molar-refractivity contribution < 1.29 is 33.8 Å². The van der Waals surface area contributed by atoms with Crippen LogP contribution in [0.4, 0.5) is 0 Å². The number of H-pyrrole nitrogens is 1. The first-order valence-corrected chi connectivity index (χ1v) is 18.7. The molecular weight excluding hydrogens is 721 g/mol. The summed E-state index contributed by atoms with van der Waals surface area (Å²) in [5, 5.41) is 21.0. The Balaban J connectivity index is 1.45. The highest BCUT2D eigenvalue weighted by Gasteiger charge is 2.50. The van der Waals surface area contributed by atoms with Gasteiger partial charge in [0.25, 0.3) is 11.5 Å². The predicted octanol–water partition coefficient (Wildman–Crippen LogP) is 2.31. The number of ether oxygens (including phenoxy) is 2. The van der Waals surface area contributed by atoms with Gasteiger partial charge in [0, 0.05) is 39.3 Å². The van der Waals surface area contributed by atoms with Crippen LogP contribution in [0.15, 0.2) is 51.2 Å². The van der Waals surface area contributed by atoms with Gasteiger partial charge in [0.2, 0.25) is 11.8 Å². The summed E-state index contributed by atoms with van der Waals surface area (Å²) in [6, 6.07) is 6.17. The van der Waals surface area contributed by atoms with Gasteiger partial charge in [-0.15, -0.1) is 11.8 Å². The second kappa shape index (κ2) is 17.2. The number of aryl methyl sites for hydroxylation is 1. The lowest BCUT2D eigenvalue weighted by atomic mass is 9.93. The Labute approximate surface area is 317 Å². The lowest BCUT2D eigenvalue weighted by molar-refractivity contribution is -0.157. The molecule has 2 aliphatic heterocycles. The van der Waals surface area contributed by atoms with Gasteiger partial charge in [0.1, 0.15) is 25.0 Å². The lowest BCUT2D eigenvalue weighted by Crippen LogP contribution is -2.60. The van der Waals surface area contributed by atoms with E-state index in [1.807, 2.05) is 40.7 Å². The minimum atomic E-state index is -1.73. The molecule has 2 aliphatic rings. The smallest absolute Gasteiger partial charge is 0.330 e. The van der Waals surface area contributed by atoms with Crippen LogP contribution >= 0.6 is 11.8 Å². The number of carbonyl (C=O) groups is 4. The average molecular weight is 771 g/mol. The van der Waals surface area contributed by atoms with Crippen LogP contribution < -0.4 is 21.9 Å². The molecule has 3 amide bonds. The van der Waals surface area contributed by atoms with Crippen LogP contribution in [-0.2, 0) is 35.1 Å². The number of carbonyl (C=O) groups excluding carboxylic acids is 4. The fraction of sp³-hybridized carbons (Fsp3) is 0.611. The molecule has 0 spiro atoms. The van der Waals surface area contributed by atoms with E-state index in [9.17, 15) is 33.9 Å². The van der Waals surface area contributed by atoms with Crippen molar-refractivity contribution in [2.24, 2.45) is 17.0 Å². The number of amides is 3. The third-order valence-electron chi connectivity index (χ3n) is 9.62. The van der Waals surface area contributed by atoms with E-state index in [0.29, 0.717) is 0 Å². The molecule has 2 fully saturated rings. The van der Waals surface area contributed by atoms with Crippen LogP contribution in [0.2, 0.25) is 0 Å². The van der Waals surface area contributed by atoms with Crippen molar-refractivity contribution in [1.82, 2.24) is 25.1 Å². The fourth-order valence-electron chi connectivity index (χ4n) is 6.37. The number of aromatic nitrogens is 2. The summed E-state index contributed by atoms with van der Waals surface area (Å²) >= 11 is 1.41. The first-order valence-electron chi connectivity index (χ1n) is 17.7. The van der Waals surface area contributed by atoms with Crippen molar-refractivity contribution in [2.75, 3.05) is 12.5 Å². The van der Waals surface area contributed by atoms with E-state index in [1.165, 1.54) is 48.2 Å². The minimum Gasteiger partial charge on any atom is -0.463 e. The average Bonchev–Trinajstić information content (AvgIpc) is 3.65. The zero-order valence-corrected chi connectivity index (χ0v) is 32.6. The minimum absolute atomic E-state index is 0.0749. The van der Waals surface area contributed by atoms with Gasteiger partial charge in [-0.1, -0.05) is 49.3 Å². The Morgan fingerprint density at radius 2 is 1.83 bits per heavy atom. The van der Waals surface area contributed by atoms with Gasteiger partial charge in [-0.2, -0.15) is 0 Å². The Hall–Kier alpha value is -4.64. The van der Waals surface area contributed by atoms with Gasteiger partial charge in [0.05, 0.1) is 23.9 Å². The standard InChI is InChI=1S/C36H50N8O9S/c1-19-16-43(34(51)39-29(19)46)26-15-23(41-42-37)25(53-26)17-52-33(50)21(3)20(2)30(47)38-24(14-22-12-10-9-11-13-22)27(45)32(49)44-18-54-36(7,8)28(44)31(48)40-35(4,5)6/h9-13,16,20-21,23-28,45H,14-15,17-18H2,1-8H3,(H,38,47)(H,40,48)(H,39,46,51)/t20?,21?,23?,24-,25?,26?,27-,28+/m0/s1. The zero-order valence-electron chi connectivity index (χ0n) is 31.8. The van der Waals surface area contributed by atoms with Crippen molar-refractivity contribution in [1.29, 1.82) is 0 Å². The molecule has 8 atom stereocenters. The number of hydrogen-bond donors (Lipinski definition) is 4. The molecule has 0 aliphatic carbocycles. The molecule has 294 valence electrons. The number of aromatic amines is 1. The molecule has 3 heterocycles. The summed E-state index contributed by atoms with van der Waals surface area (Å²) in [5.41, 5.74) is 8.29. The molecule has 4 rings (SSSR count). The van der Waals surface area contributed by atoms with Gasteiger partial charge in [-0.05, 0) is 59.1 Å². The molecule has 1 aromatic heterocycles. The van der Waals surface area contributed by atoms with E-state index in [0.717, 1.165) is 5.56 Å². The molecular formula is C36H50N8O9S. The first kappa shape index (κ1) is 42.1. The summed E-state index contributed by atoms with van der Waals surface area (Å²) in [7, 11) is 0. The summed E-state index contributed by atoms with van der Waals surface area (Å²) in [6.45, 7) is 13.4. The highest BCUT2D eigenvalue weighted by molar-refractivity contribution is 8.00. The predicted molar refractivity (Wildman–Crippen MR) is 200 cm³/mol. The molecule has 1 aromatic carbocycles. The largest absolute Gasteiger partial charge is 0.463 e. The van der Waals surface area contributed by atoms with Crippen LogP contribution in [-0.4, -0.2) is 96.4 Å². The van der Waals surface area contributed by atoms with Crippen LogP contribution in [0.1, 0.15) is 72.2 Å². The molecule has 2 saturated heterocycles. The number of nitrogens with one attached hydrogen (secondary N) is 3. The van der Waals surface area contributed by atoms with E-state index >= 15 is 0 Å². The SMILES string of the molecule is Cc1cn(C2CC(N=[N+]=[N-])C(COC(=O)C(C)C(C)C(=O)N[C@@H](Cc3ccccc3)[C@H](O)C(=O)N3CSC(C)(C)[C@H]3C(=O)NC(C)(C)C)O2)c(=O)[nH]c1=O. The quantitative estimate of drug-likeness (QED) is 0.100. The molecule has 0 radical (unpaired) electrons. The second-order valence-corrected chi connectivity index (χ2v) is 17.0. The third-order valence-corrected chi connectivity index (χ3v) is 11.0. The van der Waals surface area contributed by atoms with Gasteiger partial charge in [-0.3, -0.25) is 33.5 Å². The molecule has 18 heteroatoms. The maximum absolute atomic E-state index is 14.0. The van der Waals surface area contributed by atoms with Crippen molar-refractivity contribution in [3.05, 3.63) is 78.9 Å². The Bertz CT molecular complexity index is 1870. The molecule has 4 N–H and O–H groups in total. The Morgan fingerprint density at radius 3 is 2.46 bits per heavy atom. The van der Waals surface area contributed by atoms with Crippen LogP contribution in [0.3, 0.4) is 0 Å². The number of hydrogen-bond acceptors (Lipinski definition) is 11. The maximum atomic E-state index is 14.0. The molecule has 2 aromatic rings. The van der Waals surface area contributed by atoms with Crippen LogP contribution in [0, 0.1) is 18.8 Å². The monoisotopic (exact) mass is 770 g/mol. The summed E-state index contributed by atoms with van der Waals surface area (Å²) in [4.78, 5) is 85.0. The van der Waals surface area contributed by atoms with Crippen LogP contribution in [0.25, 0.3) is 10.4 Å². The van der Waals surface area contributed by atoms with Gasteiger partial charge < -0.3 is 30.1 Å². The third kappa shape index (κ3) is 10.1. The maximum Gasteiger partial charge on any atom is 0.330 e. The summed E-state index contributed by atoms with van der Waals surface area (Å²) in [5.74, 6) is -4.29. The number of benzene rings is 1. The van der Waals surface area contributed by atoms with Crippen molar-refractivity contribution in [3.63, 3.8) is 0 Å². The van der Waals surface area contributed by atoms with Gasteiger partial charge in [0.15, 0.2) is 6.10 Å². The normalized spacial score (nSPS) is 23.0. The highest BCUT2D eigenvalue weighted by Crippen LogP contribution is 2.40. The topological polar surface area (TPSA) is 238 Å². The number of nitrogens with zero attached hydrogens (tertiary/aromatic N) is 5. The summed E-state index contributed by atoms with van der Waals surface area (Å²) in [6.07, 6.45) is -2.08. The van der Waals surface area contributed by atoms with Crippen molar-refractivity contribution in [2.45, 2.75) is 115 Å². The number of rotatable bonds is 13. The van der Waals surface area contributed by atoms with Crippen molar-refractivity contribution >= 4 is 35.5 Å². The highest BCUT2D eigenvalue weighted by atomic mass is 32.2. The van der Waals surface area contributed by atoms with E-state index in [2.05, 4.69) is 25.6 Å². The molecule has 54 heavy (non-hydrogen) atoms. The molecule has 17 nitrogen and oxygen atoms in total. The summed E-state index contributed by atoms with van der Waals surface area (Å²) < 4.78 is 11.9. The zero-order chi connectivity index (χ0) is 40.1. The number of esters is 1. The van der Waals surface area contributed by atoms with Gasteiger partial charge in [-0.25, -0.2) is 4.79 Å². The van der Waals surface area contributed by atoms with E-state index in [1.54, 1.807) is 24.3 Å². The number of thioether (sulfide) groups is 1. The lowest BCUT2D eigenvalue weighted by Gasteiger charge is -2.35. The van der Waals surface area contributed by atoms with Gasteiger partial charge >= 0.3 is 11.7 Å². The number of aliphatic hydroxyl groups is 1. The fourth-order valence-corrected chi connectivity index (χ4v) is 7.51. The Morgan fingerprint density at radius 1 is 1.17 bits per heavy atom. The first-order chi connectivity index (χ1) is 25.2. The van der Waals surface area contributed by atoms with Crippen molar-refractivity contribution in [3.8, 4) is 0 Å². The van der Waals surface area contributed by atoms with Crippen LogP contribution in [0.5, 0.6) is 0 Å². The second-order valence-electron chi connectivity index (χ2n) is 15.4. The molecule has 0 saturated carbocycles. The Kier molecular flexibility index (Phi) is 13.4. The van der Waals surface area contributed by atoms with E-state index < -0.39 is 87.7 Å². The molecule has 0 bridgehead atoms. The number of azide groups is 1. The number of aliphatic hydroxyl groups excluding tert-OH is 1. The van der Waals surface area contributed by atoms with E-state index in [4.69, 9.17) is 15.0 Å².